The van der Waals surface area contributed by atoms with E-state index in [2.05, 4.69) is 0 Å². The van der Waals surface area contributed by atoms with Gasteiger partial charge in [-0.15, -0.1) is 0 Å². The highest BCUT2D eigenvalue weighted by atomic mass is 19.1. The number of carbonyl (C=O) groups excluding carboxylic acids is 1. The Balaban J connectivity index is 2.34. The van der Waals surface area contributed by atoms with E-state index in [1.807, 2.05) is 6.92 Å². The Bertz CT molecular complexity index is 426. The summed E-state index contributed by atoms with van der Waals surface area (Å²) in [5.41, 5.74) is 5.43. The summed E-state index contributed by atoms with van der Waals surface area (Å²) in [6.45, 7) is 3.19. The van der Waals surface area contributed by atoms with Crippen LogP contribution in [0.15, 0.2) is 24.3 Å². The van der Waals surface area contributed by atoms with E-state index < -0.39 is 5.82 Å². The quantitative estimate of drug-likeness (QED) is 0.794. The van der Waals surface area contributed by atoms with E-state index in [0.29, 0.717) is 13.1 Å². The number of hydrogen-bond acceptors (Lipinski definition) is 3. The summed E-state index contributed by atoms with van der Waals surface area (Å²) in [6, 6.07) is 6.24. The van der Waals surface area contributed by atoms with Gasteiger partial charge in [0.1, 0.15) is 6.61 Å². The van der Waals surface area contributed by atoms with Crippen LogP contribution in [0.5, 0.6) is 5.75 Å². The van der Waals surface area contributed by atoms with E-state index in [-0.39, 0.29) is 24.2 Å². The molecule has 0 spiro atoms. The minimum atomic E-state index is -0.391. The van der Waals surface area contributed by atoms with E-state index >= 15 is 0 Å². The Kier molecular flexibility index (Phi) is 7.01. The number of hydrogen-bond donors (Lipinski definition) is 1. The standard InChI is InChI=1S/C15H23FN2O2/c1-12(6-5-9-17)15(19)18(2)10-11-20-14-8-4-3-7-13(14)16/h3-4,7-8,12H,5-6,9-11,17H2,1-2H3. The van der Waals surface area contributed by atoms with E-state index in [9.17, 15) is 9.18 Å². The van der Waals surface area contributed by atoms with Crippen molar-refractivity contribution >= 4 is 5.91 Å². The number of ether oxygens (including phenoxy) is 1. The molecule has 1 aromatic rings. The molecule has 0 aliphatic carbocycles. The van der Waals surface area contributed by atoms with Crippen molar-refractivity contribution in [3.8, 4) is 5.75 Å². The third-order valence-corrected chi connectivity index (χ3v) is 3.16. The third-order valence-electron chi connectivity index (χ3n) is 3.16. The second-order valence-electron chi connectivity index (χ2n) is 4.87. The normalized spacial score (nSPS) is 12.0. The summed E-state index contributed by atoms with van der Waals surface area (Å²) in [5.74, 6) is -0.157. The zero-order valence-corrected chi connectivity index (χ0v) is 12.1. The number of halogens is 1. The van der Waals surface area contributed by atoms with Gasteiger partial charge in [0.25, 0.3) is 0 Å². The molecule has 112 valence electrons. The van der Waals surface area contributed by atoms with Crippen LogP contribution in [0.1, 0.15) is 19.8 Å². The van der Waals surface area contributed by atoms with Gasteiger partial charge in [-0.05, 0) is 31.5 Å². The first-order valence-electron chi connectivity index (χ1n) is 6.88. The van der Waals surface area contributed by atoms with Gasteiger partial charge in [0, 0.05) is 13.0 Å². The molecular weight excluding hydrogens is 259 g/mol. The Morgan fingerprint density at radius 2 is 2.15 bits per heavy atom. The van der Waals surface area contributed by atoms with Gasteiger partial charge < -0.3 is 15.4 Å². The molecule has 0 radical (unpaired) electrons. The van der Waals surface area contributed by atoms with E-state index in [1.54, 1.807) is 30.1 Å². The highest BCUT2D eigenvalue weighted by Gasteiger charge is 2.16. The van der Waals surface area contributed by atoms with Crippen LogP contribution in [0.4, 0.5) is 4.39 Å². The van der Waals surface area contributed by atoms with Gasteiger partial charge in [-0.1, -0.05) is 19.1 Å². The minimum Gasteiger partial charge on any atom is -0.489 e. The number of nitrogens with zero attached hydrogens (tertiary/aromatic N) is 1. The van der Waals surface area contributed by atoms with Gasteiger partial charge in [0.2, 0.25) is 5.91 Å². The van der Waals surface area contributed by atoms with Crippen LogP contribution in [0.3, 0.4) is 0 Å². The number of nitrogens with two attached hydrogens (primary N) is 1. The molecule has 5 heteroatoms. The summed E-state index contributed by atoms with van der Waals surface area (Å²) < 4.78 is 18.7. The van der Waals surface area contributed by atoms with Crippen molar-refractivity contribution in [3.63, 3.8) is 0 Å². The lowest BCUT2D eigenvalue weighted by Crippen LogP contribution is -2.35. The van der Waals surface area contributed by atoms with Crippen LogP contribution in [0.25, 0.3) is 0 Å². The van der Waals surface area contributed by atoms with Gasteiger partial charge in [0.15, 0.2) is 11.6 Å². The maximum atomic E-state index is 13.3. The van der Waals surface area contributed by atoms with Crippen molar-refractivity contribution in [2.24, 2.45) is 11.7 Å². The molecule has 0 heterocycles. The number of rotatable bonds is 8. The van der Waals surface area contributed by atoms with Gasteiger partial charge in [-0.3, -0.25) is 4.79 Å². The highest BCUT2D eigenvalue weighted by molar-refractivity contribution is 5.78. The summed E-state index contributed by atoms with van der Waals surface area (Å²) in [7, 11) is 1.73. The molecule has 0 fully saturated rings. The number of benzene rings is 1. The first-order valence-corrected chi connectivity index (χ1v) is 6.88. The molecule has 1 rings (SSSR count). The lowest BCUT2D eigenvalue weighted by Gasteiger charge is -2.21. The first-order chi connectivity index (χ1) is 9.56. The minimum absolute atomic E-state index is 0.0444. The largest absolute Gasteiger partial charge is 0.489 e. The van der Waals surface area contributed by atoms with Crippen molar-refractivity contribution in [3.05, 3.63) is 30.1 Å². The van der Waals surface area contributed by atoms with Crippen LogP contribution >= 0.6 is 0 Å². The van der Waals surface area contributed by atoms with Crippen LogP contribution in [-0.2, 0) is 4.79 Å². The lowest BCUT2D eigenvalue weighted by molar-refractivity contribution is -0.134. The van der Waals surface area contributed by atoms with Crippen molar-refractivity contribution < 1.29 is 13.9 Å². The molecule has 0 aliphatic rings. The van der Waals surface area contributed by atoms with Crippen LogP contribution in [0, 0.1) is 11.7 Å². The molecule has 0 saturated heterocycles. The lowest BCUT2D eigenvalue weighted by atomic mass is 10.0. The monoisotopic (exact) mass is 282 g/mol. The molecule has 1 unspecified atom stereocenters. The Hall–Kier alpha value is -1.62. The summed E-state index contributed by atoms with van der Waals surface area (Å²) in [6.07, 6.45) is 1.63. The molecule has 4 nitrogen and oxygen atoms in total. The van der Waals surface area contributed by atoms with Crippen molar-refractivity contribution in [1.29, 1.82) is 0 Å². The molecule has 1 atom stereocenters. The summed E-state index contributed by atoms with van der Waals surface area (Å²) in [4.78, 5) is 13.6. The number of carbonyl (C=O) groups is 1. The SMILES string of the molecule is CC(CCCN)C(=O)N(C)CCOc1ccccc1F. The van der Waals surface area contributed by atoms with Gasteiger partial charge >= 0.3 is 0 Å². The van der Waals surface area contributed by atoms with E-state index in [1.165, 1.54) is 6.07 Å². The molecule has 20 heavy (non-hydrogen) atoms. The molecule has 0 saturated carbocycles. The summed E-state index contributed by atoms with van der Waals surface area (Å²) >= 11 is 0. The van der Waals surface area contributed by atoms with E-state index in [4.69, 9.17) is 10.5 Å². The average Bonchev–Trinajstić information content (AvgIpc) is 2.45. The number of likely N-dealkylation sites (N-methyl/N-ethyl adjacent to an activating group) is 1. The zero-order chi connectivity index (χ0) is 15.0. The Morgan fingerprint density at radius 1 is 1.45 bits per heavy atom. The topological polar surface area (TPSA) is 55.6 Å². The van der Waals surface area contributed by atoms with Gasteiger partial charge in [-0.2, -0.15) is 0 Å². The van der Waals surface area contributed by atoms with Crippen LogP contribution in [-0.4, -0.2) is 37.6 Å². The highest BCUT2D eigenvalue weighted by Crippen LogP contribution is 2.15. The maximum absolute atomic E-state index is 13.3. The predicted molar refractivity (Wildman–Crippen MR) is 77.0 cm³/mol. The molecular formula is C15H23FN2O2. The maximum Gasteiger partial charge on any atom is 0.225 e. The molecule has 0 aliphatic heterocycles. The van der Waals surface area contributed by atoms with Crippen LogP contribution in [0.2, 0.25) is 0 Å². The molecule has 2 N–H and O–H groups in total. The van der Waals surface area contributed by atoms with Crippen LogP contribution < -0.4 is 10.5 Å². The van der Waals surface area contributed by atoms with Gasteiger partial charge in [0.05, 0.1) is 6.54 Å². The Morgan fingerprint density at radius 3 is 2.80 bits per heavy atom. The second-order valence-corrected chi connectivity index (χ2v) is 4.87. The van der Waals surface area contributed by atoms with Gasteiger partial charge in [-0.25, -0.2) is 4.39 Å². The second kappa shape index (κ2) is 8.53. The van der Waals surface area contributed by atoms with E-state index in [0.717, 1.165) is 12.8 Å². The first kappa shape index (κ1) is 16.4. The van der Waals surface area contributed by atoms with Crippen molar-refractivity contribution in [1.82, 2.24) is 4.90 Å². The molecule has 0 bridgehead atoms. The molecule has 1 amide bonds. The van der Waals surface area contributed by atoms with Crippen molar-refractivity contribution in [2.45, 2.75) is 19.8 Å². The zero-order valence-electron chi connectivity index (χ0n) is 12.1. The fourth-order valence-corrected chi connectivity index (χ4v) is 1.89. The third kappa shape index (κ3) is 5.17. The fourth-order valence-electron chi connectivity index (χ4n) is 1.89. The predicted octanol–water partition coefficient (Wildman–Crippen LogP) is 2.04. The molecule has 0 aromatic heterocycles. The molecule has 1 aromatic carbocycles. The van der Waals surface area contributed by atoms with Crippen molar-refractivity contribution in [2.75, 3.05) is 26.7 Å². The number of para-hydroxylation sites is 1. The average molecular weight is 282 g/mol. The number of amides is 1. The Labute approximate surface area is 119 Å². The smallest absolute Gasteiger partial charge is 0.225 e. The summed E-state index contributed by atoms with van der Waals surface area (Å²) in [5, 5.41) is 0. The fraction of sp³-hybridized carbons (Fsp3) is 0.533.